The lowest BCUT2D eigenvalue weighted by molar-refractivity contribution is -0.114. The highest BCUT2D eigenvalue weighted by Gasteiger charge is 2.03. The van der Waals surface area contributed by atoms with Gasteiger partial charge in [-0.1, -0.05) is 25.8 Å². The zero-order valence-electron chi connectivity index (χ0n) is 5.76. The highest BCUT2D eigenvalue weighted by Crippen LogP contribution is 2.06. The van der Waals surface area contributed by atoms with Crippen LogP contribution in [0, 0.1) is 0 Å². The molecule has 0 N–H and O–H groups in total. The minimum Gasteiger partial charge on any atom is -0.267 e. The van der Waals surface area contributed by atoms with Crippen molar-refractivity contribution in [2.45, 2.75) is 0 Å². The number of allylic oxidation sites excluding steroid dienone is 1. The number of nitrogens with zero attached hydrogens (tertiary/aromatic N) is 1. The van der Waals surface area contributed by atoms with E-state index in [2.05, 4.69) is 31.4 Å². The monoisotopic (exact) mass is 135 g/mol. The second kappa shape index (κ2) is 3.56. The van der Waals surface area contributed by atoms with Crippen LogP contribution < -0.4 is 0 Å². The van der Waals surface area contributed by atoms with Crippen molar-refractivity contribution in [2.75, 3.05) is 0 Å². The quantitative estimate of drug-likeness (QED) is 0.327. The smallest absolute Gasteiger partial charge is 0.267 e. The number of amides is 1. The first-order valence-corrected chi connectivity index (χ1v) is 2.65. The Morgan fingerprint density at radius 3 is 2.20 bits per heavy atom. The van der Waals surface area contributed by atoms with Gasteiger partial charge in [-0.15, -0.1) is 0 Å². The summed E-state index contributed by atoms with van der Waals surface area (Å²) in [5.41, 5.74) is 0.724. The largest absolute Gasteiger partial charge is 0.276 e. The van der Waals surface area contributed by atoms with Crippen LogP contribution in [0.1, 0.15) is 0 Å². The molecule has 2 heteroatoms. The van der Waals surface area contributed by atoms with E-state index in [0.29, 0.717) is 5.57 Å². The van der Waals surface area contributed by atoms with Crippen LogP contribution in [-0.2, 0) is 4.79 Å². The second-order valence-corrected chi connectivity index (χ2v) is 1.67. The zero-order chi connectivity index (χ0) is 8.15. The molecule has 52 valence electrons. The third-order valence-electron chi connectivity index (χ3n) is 1.04. The molecule has 2 nitrogen and oxygen atoms in total. The summed E-state index contributed by atoms with van der Waals surface area (Å²) in [5, 5.41) is 0. The van der Waals surface area contributed by atoms with E-state index in [0.717, 1.165) is 0 Å². The van der Waals surface area contributed by atoms with Crippen molar-refractivity contribution in [2.24, 2.45) is 4.99 Å². The van der Waals surface area contributed by atoms with Crippen molar-refractivity contribution in [1.82, 2.24) is 0 Å². The van der Waals surface area contributed by atoms with Crippen molar-refractivity contribution < 1.29 is 4.79 Å². The van der Waals surface area contributed by atoms with E-state index in [-0.39, 0.29) is 5.57 Å². The van der Waals surface area contributed by atoms with Gasteiger partial charge >= 0.3 is 0 Å². The third kappa shape index (κ3) is 1.82. The van der Waals surface area contributed by atoms with Crippen molar-refractivity contribution in [3.05, 3.63) is 37.0 Å². The molecule has 0 fully saturated rings. The van der Waals surface area contributed by atoms with Gasteiger partial charge in [0.1, 0.15) is 0 Å². The van der Waals surface area contributed by atoms with E-state index in [1.54, 1.807) is 0 Å². The number of carbonyl (C=O) groups is 1. The number of hydrogen-bond donors (Lipinski definition) is 0. The highest BCUT2D eigenvalue weighted by molar-refractivity contribution is 6.00. The van der Waals surface area contributed by atoms with Gasteiger partial charge in [0.2, 0.25) is 0 Å². The minimum absolute atomic E-state index is 0.241. The van der Waals surface area contributed by atoms with Gasteiger partial charge < -0.3 is 0 Å². The van der Waals surface area contributed by atoms with Gasteiger partial charge in [0.25, 0.3) is 5.91 Å². The molecule has 0 spiro atoms. The van der Waals surface area contributed by atoms with E-state index in [9.17, 15) is 4.79 Å². The summed E-state index contributed by atoms with van der Waals surface area (Å²) in [7, 11) is 0. The minimum atomic E-state index is -0.454. The van der Waals surface area contributed by atoms with Crippen molar-refractivity contribution in [3.63, 3.8) is 0 Å². The Morgan fingerprint density at radius 1 is 1.40 bits per heavy atom. The Balaban J connectivity index is 4.36. The molecular formula is C8H9NO. The molecule has 0 bridgehead atoms. The molecule has 0 atom stereocenters. The van der Waals surface area contributed by atoms with E-state index in [1.165, 1.54) is 6.08 Å². The van der Waals surface area contributed by atoms with Gasteiger partial charge in [-0.3, -0.25) is 4.79 Å². The lowest BCUT2D eigenvalue weighted by Crippen LogP contribution is -1.96. The molecule has 10 heavy (non-hydrogen) atoms. The van der Waals surface area contributed by atoms with Crippen molar-refractivity contribution >= 4 is 12.6 Å². The van der Waals surface area contributed by atoms with Crippen molar-refractivity contribution in [3.8, 4) is 0 Å². The van der Waals surface area contributed by atoms with Crippen LogP contribution in [0.5, 0.6) is 0 Å². The molecule has 0 unspecified atom stereocenters. The Kier molecular flexibility index (Phi) is 3.05. The fourth-order valence-electron chi connectivity index (χ4n) is 0.356. The van der Waals surface area contributed by atoms with Gasteiger partial charge in [0, 0.05) is 5.57 Å². The topological polar surface area (TPSA) is 29.4 Å². The summed E-state index contributed by atoms with van der Waals surface area (Å²) in [6, 6.07) is 0. The molecule has 0 aliphatic heterocycles. The predicted molar refractivity (Wildman–Crippen MR) is 43.0 cm³/mol. The summed E-state index contributed by atoms with van der Waals surface area (Å²) in [6.07, 6.45) is 1.45. The maximum Gasteiger partial charge on any atom is 0.276 e. The molecule has 0 radical (unpaired) electrons. The Hall–Kier alpha value is -1.44. The SMILES string of the molecule is C=CC(=C)C(=C)C(=O)N=C. The highest BCUT2D eigenvalue weighted by atomic mass is 16.1. The van der Waals surface area contributed by atoms with Gasteiger partial charge in [0.15, 0.2) is 0 Å². The number of rotatable bonds is 3. The zero-order valence-corrected chi connectivity index (χ0v) is 5.76. The van der Waals surface area contributed by atoms with E-state index < -0.39 is 5.91 Å². The maximum absolute atomic E-state index is 10.7. The summed E-state index contributed by atoms with van der Waals surface area (Å²) >= 11 is 0. The van der Waals surface area contributed by atoms with Gasteiger partial charge in [0.05, 0.1) is 0 Å². The van der Waals surface area contributed by atoms with Gasteiger partial charge in [-0.2, -0.15) is 0 Å². The van der Waals surface area contributed by atoms with Gasteiger partial charge in [-0.25, -0.2) is 4.99 Å². The molecule has 0 heterocycles. The lowest BCUT2D eigenvalue weighted by atomic mass is 10.1. The van der Waals surface area contributed by atoms with E-state index in [1.807, 2.05) is 0 Å². The number of carbonyl (C=O) groups excluding carboxylic acids is 1. The first-order chi connectivity index (χ1) is 4.63. The maximum atomic E-state index is 10.7. The molecule has 0 saturated heterocycles. The van der Waals surface area contributed by atoms with Crippen LogP contribution in [0.4, 0.5) is 0 Å². The number of hydrogen-bond acceptors (Lipinski definition) is 1. The Bertz CT molecular complexity index is 191. The summed E-state index contributed by atoms with van der Waals surface area (Å²) in [5.74, 6) is -0.454. The molecule has 0 saturated carbocycles. The average Bonchev–Trinajstić information content (AvgIpc) is 2.00. The first kappa shape index (κ1) is 8.56. The number of aliphatic imine (C=N–C) groups is 1. The standard InChI is InChI=1S/C8H9NO/c1-5-6(2)7(3)8(10)9-4/h5H,1-4H2. The van der Waals surface area contributed by atoms with Crippen LogP contribution in [0.2, 0.25) is 0 Å². The fraction of sp³-hybridized carbons (Fsp3) is 0. The molecule has 0 rings (SSSR count). The molecular weight excluding hydrogens is 126 g/mol. The Morgan fingerprint density at radius 2 is 1.90 bits per heavy atom. The lowest BCUT2D eigenvalue weighted by Gasteiger charge is -1.96. The molecule has 0 aliphatic carbocycles. The summed E-state index contributed by atoms with van der Waals surface area (Å²) in [6.45, 7) is 13.4. The van der Waals surface area contributed by atoms with Crippen LogP contribution in [0.3, 0.4) is 0 Å². The summed E-state index contributed by atoms with van der Waals surface area (Å²) in [4.78, 5) is 13.8. The molecule has 0 aromatic carbocycles. The van der Waals surface area contributed by atoms with Crippen LogP contribution in [0.15, 0.2) is 42.0 Å². The predicted octanol–water partition coefficient (Wildman–Crippen LogP) is 1.51. The van der Waals surface area contributed by atoms with Crippen LogP contribution in [-0.4, -0.2) is 12.6 Å². The molecule has 0 aromatic rings. The Labute approximate surface area is 60.3 Å². The van der Waals surface area contributed by atoms with Crippen LogP contribution >= 0.6 is 0 Å². The fourth-order valence-corrected chi connectivity index (χ4v) is 0.356. The first-order valence-electron chi connectivity index (χ1n) is 2.65. The van der Waals surface area contributed by atoms with Crippen LogP contribution in [0.25, 0.3) is 0 Å². The third-order valence-corrected chi connectivity index (χ3v) is 1.04. The average molecular weight is 135 g/mol. The van der Waals surface area contributed by atoms with E-state index >= 15 is 0 Å². The normalized spacial score (nSPS) is 8.00. The summed E-state index contributed by atoms with van der Waals surface area (Å²) < 4.78 is 0. The molecule has 0 aromatic heterocycles. The van der Waals surface area contributed by atoms with Gasteiger partial charge in [-0.05, 0) is 12.3 Å². The molecule has 1 amide bonds. The second-order valence-electron chi connectivity index (χ2n) is 1.67. The van der Waals surface area contributed by atoms with E-state index in [4.69, 9.17) is 0 Å². The molecule has 0 aliphatic rings. The van der Waals surface area contributed by atoms with Crippen molar-refractivity contribution in [1.29, 1.82) is 0 Å².